The zero-order valence-electron chi connectivity index (χ0n) is 21.0. The quantitative estimate of drug-likeness (QED) is 0.126. The van der Waals surface area contributed by atoms with Crippen LogP contribution < -0.4 is 39.3 Å². The summed E-state index contributed by atoms with van der Waals surface area (Å²) < 4.78 is 23.1. The van der Waals surface area contributed by atoms with Gasteiger partial charge in [-0.05, 0) is 12.8 Å². The molecular formula is C21H43N7O10. The fraction of sp³-hybridized carbons (Fsp3) is 0.952. The predicted octanol–water partition coefficient (Wildman–Crippen LogP) is -7.00. The molecule has 2 saturated heterocycles. The first-order chi connectivity index (χ1) is 18.0. The number of nitrogens with one attached hydrogen (secondary N) is 2. The molecular weight excluding hydrogens is 510 g/mol. The third-order valence-corrected chi connectivity index (χ3v) is 7.12. The third-order valence-electron chi connectivity index (χ3n) is 7.12. The number of ether oxygens (including phenoxy) is 4. The van der Waals surface area contributed by atoms with Crippen molar-refractivity contribution < 1.29 is 49.3 Å². The van der Waals surface area contributed by atoms with Gasteiger partial charge in [0.25, 0.3) is 0 Å². The first-order valence-electron chi connectivity index (χ1n) is 12.7. The zero-order valence-corrected chi connectivity index (χ0v) is 21.0. The Morgan fingerprint density at radius 2 is 1.53 bits per heavy atom. The fourth-order valence-electron chi connectivity index (χ4n) is 4.93. The SMILES string of the molecule is NCCNC(=O)N[C@@H]1C[C@H](N)[C@@H](O[C@H]2O[C@H](CN)[C@@H](O)C[C@H]2N)[C@H](O)[C@H]1O[C@@H]1O[C@@H](CO)[C@H](O)[C@@H](N)[C@@H]1O. The minimum Gasteiger partial charge on any atom is -0.394 e. The molecule has 0 radical (unpaired) electrons. The summed E-state index contributed by atoms with van der Waals surface area (Å²) in [4.78, 5) is 12.4. The van der Waals surface area contributed by atoms with Crippen LogP contribution in [0.2, 0.25) is 0 Å². The lowest BCUT2D eigenvalue weighted by Crippen LogP contribution is -2.69. The molecule has 2 amide bonds. The Kier molecular flexibility index (Phi) is 11.4. The van der Waals surface area contributed by atoms with Crippen LogP contribution in [0, 0.1) is 0 Å². The summed E-state index contributed by atoms with van der Waals surface area (Å²) in [5, 5.41) is 56.9. The molecule has 1 saturated carbocycles. The zero-order chi connectivity index (χ0) is 28.1. The van der Waals surface area contributed by atoms with E-state index in [9.17, 15) is 30.3 Å². The molecule has 0 aromatic rings. The molecule has 0 unspecified atom stereocenters. The summed E-state index contributed by atoms with van der Waals surface area (Å²) in [5.74, 6) is 0. The van der Waals surface area contributed by atoms with E-state index in [1.165, 1.54) is 0 Å². The van der Waals surface area contributed by atoms with Crippen molar-refractivity contribution in [1.29, 1.82) is 0 Å². The largest absolute Gasteiger partial charge is 0.394 e. The molecule has 38 heavy (non-hydrogen) atoms. The van der Waals surface area contributed by atoms with Gasteiger partial charge in [0.15, 0.2) is 12.6 Å². The Balaban J connectivity index is 1.80. The molecule has 3 rings (SSSR count). The van der Waals surface area contributed by atoms with Crippen molar-refractivity contribution in [2.75, 3.05) is 26.2 Å². The van der Waals surface area contributed by atoms with Crippen LogP contribution in [0.15, 0.2) is 0 Å². The maximum atomic E-state index is 12.4. The number of hydrogen-bond donors (Lipinski definition) is 12. The summed E-state index contributed by atoms with van der Waals surface area (Å²) in [7, 11) is 0. The molecule has 3 fully saturated rings. The van der Waals surface area contributed by atoms with Crippen molar-refractivity contribution in [3.63, 3.8) is 0 Å². The Morgan fingerprint density at radius 1 is 0.868 bits per heavy atom. The highest BCUT2D eigenvalue weighted by molar-refractivity contribution is 5.74. The molecule has 1 aliphatic carbocycles. The maximum Gasteiger partial charge on any atom is 0.315 e. The fourth-order valence-corrected chi connectivity index (χ4v) is 4.93. The average molecular weight is 554 g/mol. The molecule has 2 aliphatic heterocycles. The monoisotopic (exact) mass is 553 g/mol. The molecule has 222 valence electrons. The van der Waals surface area contributed by atoms with Gasteiger partial charge in [-0.1, -0.05) is 0 Å². The van der Waals surface area contributed by atoms with Crippen molar-refractivity contribution >= 4 is 6.03 Å². The smallest absolute Gasteiger partial charge is 0.315 e. The van der Waals surface area contributed by atoms with Crippen LogP contribution in [0.1, 0.15) is 12.8 Å². The van der Waals surface area contributed by atoms with Gasteiger partial charge < -0.3 is 83.8 Å². The summed E-state index contributed by atoms with van der Waals surface area (Å²) >= 11 is 0. The van der Waals surface area contributed by atoms with E-state index in [0.717, 1.165) is 0 Å². The van der Waals surface area contributed by atoms with Gasteiger partial charge in [0.2, 0.25) is 0 Å². The van der Waals surface area contributed by atoms with Gasteiger partial charge in [-0.3, -0.25) is 0 Å². The molecule has 17 nitrogen and oxygen atoms in total. The van der Waals surface area contributed by atoms with Crippen LogP contribution in [0.3, 0.4) is 0 Å². The first kappa shape index (κ1) is 31.2. The molecule has 0 aromatic carbocycles. The molecule has 3 aliphatic rings. The standard InChI is InChI=1S/C21H43N7O10/c22-1-2-27-21(34)28-9-3-7(24)17(37-19-8(25)4-10(30)11(5-23)35-19)16(33)18(9)38-20-15(32)13(26)14(31)12(6-29)36-20/h7-20,29-33H,1-6,22-26H2,(H2,27,28,34)/t7-,8+,9+,10-,11+,12-,13+,14-,15-,16-,17+,18-,19+,20-/m0/s1. The van der Waals surface area contributed by atoms with E-state index < -0.39 is 98.2 Å². The second-order valence-electron chi connectivity index (χ2n) is 9.92. The Bertz CT molecular complexity index is 757. The molecule has 0 aromatic heterocycles. The van der Waals surface area contributed by atoms with Gasteiger partial charge in [-0.2, -0.15) is 0 Å². The normalized spacial score (nSPS) is 45.9. The lowest BCUT2D eigenvalue weighted by molar-refractivity contribution is -0.315. The molecule has 0 bridgehead atoms. The highest BCUT2D eigenvalue weighted by atomic mass is 16.7. The number of nitrogens with two attached hydrogens (primary N) is 5. The van der Waals surface area contributed by atoms with E-state index in [4.69, 9.17) is 47.6 Å². The van der Waals surface area contributed by atoms with E-state index in [2.05, 4.69) is 10.6 Å². The van der Waals surface area contributed by atoms with Crippen molar-refractivity contribution in [2.24, 2.45) is 28.7 Å². The van der Waals surface area contributed by atoms with Crippen LogP contribution in [-0.2, 0) is 18.9 Å². The molecule has 0 spiro atoms. The van der Waals surface area contributed by atoms with Crippen molar-refractivity contribution in [1.82, 2.24) is 10.6 Å². The number of amides is 2. The topological polar surface area (TPSA) is 309 Å². The van der Waals surface area contributed by atoms with Crippen molar-refractivity contribution in [2.45, 2.75) is 98.4 Å². The Hall–Kier alpha value is -1.29. The van der Waals surface area contributed by atoms with Crippen LogP contribution in [0.4, 0.5) is 4.79 Å². The Morgan fingerprint density at radius 3 is 2.16 bits per heavy atom. The third kappa shape index (κ3) is 7.07. The number of carbonyl (C=O) groups excluding carboxylic acids is 1. The highest BCUT2D eigenvalue weighted by Crippen LogP contribution is 2.31. The highest BCUT2D eigenvalue weighted by Gasteiger charge is 2.51. The summed E-state index contributed by atoms with van der Waals surface area (Å²) in [6, 6.07) is -4.32. The van der Waals surface area contributed by atoms with Gasteiger partial charge >= 0.3 is 6.03 Å². The average Bonchev–Trinajstić information content (AvgIpc) is 2.88. The number of hydrogen-bond acceptors (Lipinski definition) is 15. The van der Waals surface area contributed by atoms with Gasteiger partial charge in [0.05, 0.1) is 36.9 Å². The van der Waals surface area contributed by atoms with E-state index in [0.29, 0.717) is 0 Å². The minimum absolute atomic E-state index is 0.0116. The molecule has 17 heteroatoms. The first-order valence-corrected chi connectivity index (χ1v) is 12.7. The number of carbonyl (C=O) groups is 1. The van der Waals surface area contributed by atoms with Crippen LogP contribution >= 0.6 is 0 Å². The van der Waals surface area contributed by atoms with Crippen LogP contribution in [0.25, 0.3) is 0 Å². The Labute approximate surface area is 219 Å². The van der Waals surface area contributed by atoms with E-state index in [-0.39, 0.29) is 32.5 Å². The van der Waals surface area contributed by atoms with E-state index in [1.54, 1.807) is 0 Å². The second-order valence-corrected chi connectivity index (χ2v) is 9.92. The van der Waals surface area contributed by atoms with Crippen molar-refractivity contribution in [3.05, 3.63) is 0 Å². The lowest BCUT2D eigenvalue weighted by Gasteiger charge is -2.48. The van der Waals surface area contributed by atoms with Crippen molar-refractivity contribution in [3.8, 4) is 0 Å². The van der Waals surface area contributed by atoms with Crippen LogP contribution in [-0.4, -0.2) is 143 Å². The summed E-state index contributed by atoms with van der Waals surface area (Å²) in [6.07, 6.45) is -12.0. The van der Waals surface area contributed by atoms with Gasteiger partial charge in [0, 0.05) is 25.7 Å². The second kappa shape index (κ2) is 13.9. The summed E-state index contributed by atoms with van der Waals surface area (Å²) in [5.41, 5.74) is 29.4. The molecule has 17 N–H and O–H groups in total. The van der Waals surface area contributed by atoms with Gasteiger partial charge in [-0.15, -0.1) is 0 Å². The van der Waals surface area contributed by atoms with E-state index in [1.807, 2.05) is 0 Å². The lowest BCUT2D eigenvalue weighted by atomic mass is 9.83. The van der Waals surface area contributed by atoms with Crippen LogP contribution in [0.5, 0.6) is 0 Å². The molecule has 14 atom stereocenters. The summed E-state index contributed by atoms with van der Waals surface area (Å²) in [6.45, 7) is -0.219. The number of aliphatic hydroxyl groups excluding tert-OH is 5. The number of aliphatic hydroxyl groups is 5. The molecule has 2 heterocycles. The number of rotatable bonds is 9. The predicted molar refractivity (Wildman–Crippen MR) is 130 cm³/mol. The van der Waals surface area contributed by atoms with Gasteiger partial charge in [-0.25, -0.2) is 4.79 Å². The minimum atomic E-state index is -1.54. The van der Waals surface area contributed by atoms with Gasteiger partial charge in [0.1, 0.15) is 36.6 Å². The van der Waals surface area contributed by atoms with E-state index >= 15 is 0 Å². The number of urea groups is 1. The maximum absolute atomic E-state index is 12.4.